The molecule has 0 aliphatic heterocycles. The van der Waals surface area contributed by atoms with Gasteiger partial charge in [-0.25, -0.2) is 14.6 Å². The number of nitrogens with zero attached hydrogens (tertiary/aromatic N) is 1. The van der Waals surface area contributed by atoms with Gasteiger partial charge in [0.25, 0.3) is 0 Å². The maximum atomic E-state index is 12.7. The molecule has 0 heterocycles. The first-order chi connectivity index (χ1) is 7.80. The van der Waals surface area contributed by atoms with Crippen LogP contribution in [0.5, 0.6) is 0 Å². The molecule has 0 atom stereocenters. The van der Waals surface area contributed by atoms with Crippen LogP contribution in [-0.2, 0) is 6.18 Å². The van der Waals surface area contributed by atoms with Crippen LogP contribution in [0.3, 0.4) is 0 Å². The minimum atomic E-state index is -4.71. The van der Waals surface area contributed by atoms with Crippen molar-refractivity contribution in [2.24, 2.45) is 10.8 Å². The van der Waals surface area contributed by atoms with Crippen LogP contribution in [0, 0.1) is 5.82 Å². The molecule has 0 aliphatic carbocycles. The van der Waals surface area contributed by atoms with Gasteiger partial charge in [-0.05, 0) is 18.2 Å². The molecule has 1 rings (SSSR count). The summed E-state index contributed by atoms with van der Waals surface area (Å²) in [5, 5.41) is 3.17. The number of benzene rings is 1. The number of primary amides is 1. The number of hydrogen-bond donors (Lipinski definition) is 2. The molecule has 0 saturated carbocycles. The number of halogens is 4. The van der Waals surface area contributed by atoms with Gasteiger partial charge in [0.15, 0.2) is 0 Å². The normalized spacial score (nSPS) is 11.8. The number of rotatable bonds is 2. The summed E-state index contributed by atoms with van der Waals surface area (Å²) < 4.78 is 50.1. The Balaban J connectivity index is 3.07. The van der Waals surface area contributed by atoms with E-state index in [0.29, 0.717) is 6.07 Å². The molecule has 0 bridgehead atoms. The van der Waals surface area contributed by atoms with Gasteiger partial charge in [0.1, 0.15) is 5.82 Å². The summed E-state index contributed by atoms with van der Waals surface area (Å²) in [7, 11) is 0. The summed E-state index contributed by atoms with van der Waals surface area (Å²) in [5.41, 5.74) is 4.82. The van der Waals surface area contributed by atoms with E-state index >= 15 is 0 Å². The Morgan fingerprint density at radius 1 is 1.41 bits per heavy atom. The van der Waals surface area contributed by atoms with E-state index in [1.54, 1.807) is 5.43 Å². The molecular formula is C9H7F4N3O. The van der Waals surface area contributed by atoms with Crippen molar-refractivity contribution in [3.63, 3.8) is 0 Å². The molecule has 3 N–H and O–H groups in total. The minimum Gasteiger partial charge on any atom is -0.350 e. The van der Waals surface area contributed by atoms with Gasteiger partial charge >= 0.3 is 12.2 Å². The van der Waals surface area contributed by atoms with E-state index < -0.39 is 23.6 Å². The van der Waals surface area contributed by atoms with Crippen molar-refractivity contribution in [3.8, 4) is 0 Å². The van der Waals surface area contributed by atoms with E-state index in [9.17, 15) is 22.4 Å². The average molecular weight is 249 g/mol. The first-order valence-corrected chi connectivity index (χ1v) is 4.26. The van der Waals surface area contributed by atoms with Crippen LogP contribution in [0.4, 0.5) is 22.4 Å². The second-order valence-electron chi connectivity index (χ2n) is 2.96. The predicted molar refractivity (Wildman–Crippen MR) is 51.7 cm³/mol. The van der Waals surface area contributed by atoms with Crippen LogP contribution in [0.25, 0.3) is 0 Å². The smallest absolute Gasteiger partial charge is 0.350 e. The predicted octanol–water partition coefficient (Wildman–Crippen LogP) is 1.85. The lowest BCUT2D eigenvalue weighted by molar-refractivity contribution is -0.137. The molecule has 0 saturated heterocycles. The molecule has 8 heteroatoms. The van der Waals surface area contributed by atoms with Crippen molar-refractivity contribution in [2.45, 2.75) is 6.18 Å². The highest BCUT2D eigenvalue weighted by molar-refractivity contribution is 5.83. The van der Waals surface area contributed by atoms with Gasteiger partial charge in [-0.3, -0.25) is 0 Å². The van der Waals surface area contributed by atoms with E-state index in [0.717, 1.165) is 18.3 Å². The Morgan fingerprint density at radius 2 is 2.06 bits per heavy atom. The van der Waals surface area contributed by atoms with Crippen molar-refractivity contribution in [3.05, 3.63) is 35.1 Å². The first-order valence-electron chi connectivity index (χ1n) is 4.26. The summed E-state index contributed by atoms with van der Waals surface area (Å²) in [5.74, 6) is -1.02. The number of nitrogens with two attached hydrogens (primary N) is 1. The highest BCUT2D eigenvalue weighted by Gasteiger charge is 2.33. The third-order valence-electron chi connectivity index (χ3n) is 1.70. The molecule has 0 aliphatic rings. The fraction of sp³-hybridized carbons (Fsp3) is 0.111. The Morgan fingerprint density at radius 3 is 2.59 bits per heavy atom. The number of amides is 2. The molecule has 2 amide bonds. The van der Waals surface area contributed by atoms with Gasteiger partial charge in [-0.1, -0.05) is 0 Å². The summed E-state index contributed by atoms with van der Waals surface area (Å²) in [6, 6.07) is 1.06. The zero-order valence-corrected chi connectivity index (χ0v) is 8.25. The number of carbonyl (C=O) groups is 1. The molecule has 1 aromatic rings. The Bertz CT molecular complexity index is 456. The van der Waals surface area contributed by atoms with Crippen molar-refractivity contribution in [1.82, 2.24) is 5.43 Å². The lowest BCUT2D eigenvalue weighted by Crippen LogP contribution is -2.24. The minimum absolute atomic E-state index is 0.339. The number of alkyl halides is 3. The summed E-state index contributed by atoms with van der Waals surface area (Å²) in [4.78, 5) is 10.2. The lowest BCUT2D eigenvalue weighted by atomic mass is 10.1. The summed E-state index contributed by atoms with van der Waals surface area (Å²) in [6.07, 6.45) is -3.98. The second kappa shape index (κ2) is 4.81. The van der Waals surface area contributed by atoms with Crippen molar-refractivity contribution < 1.29 is 22.4 Å². The van der Waals surface area contributed by atoms with E-state index in [1.807, 2.05) is 0 Å². The fourth-order valence-corrected chi connectivity index (χ4v) is 1.05. The number of hydrazone groups is 1. The second-order valence-corrected chi connectivity index (χ2v) is 2.96. The molecule has 0 unspecified atom stereocenters. The zero-order valence-electron chi connectivity index (χ0n) is 8.25. The molecule has 0 aromatic heterocycles. The molecule has 0 spiro atoms. The van der Waals surface area contributed by atoms with Crippen LogP contribution in [0.2, 0.25) is 0 Å². The van der Waals surface area contributed by atoms with E-state index in [-0.39, 0.29) is 5.56 Å². The molecule has 0 fully saturated rings. The SMILES string of the molecule is NC(=O)NN=Cc1ccc(F)cc1C(F)(F)F. The van der Waals surface area contributed by atoms with E-state index in [4.69, 9.17) is 0 Å². The Hall–Kier alpha value is -2.12. The number of urea groups is 1. The number of hydrogen-bond acceptors (Lipinski definition) is 2. The highest BCUT2D eigenvalue weighted by atomic mass is 19.4. The molecular weight excluding hydrogens is 242 g/mol. The number of carbonyl (C=O) groups excluding carboxylic acids is 1. The van der Waals surface area contributed by atoms with Crippen LogP contribution in [0.1, 0.15) is 11.1 Å². The van der Waals surface area contributed by atoms with Crippen LogP contribution < -0.4 is 11.2 Å². The van der Waals surface area contributed by atoms with Gasteiger partial charge in [0.2, 0.25) is 0 Å². The van der Waals surface area contributed by atoms with Crippen molar-refractivity contribution in [1.29, 1.82) is 0 Å². The van der Waals surface area contributed by atoms with Gasteiger partial charge in [0.05, 0.1) is 11.8 Å². The third-order valence-corrected chi connectivity index (χ3v) is 1.70. The average Bonchev–Trinajstić information content (AvgIpc) is 2.18. The summed E-state index contributed by atoms with van der Waals surface area (Å²) >= 11 is 0. The summed E-state index contributed by atoms with van der Waals surface area (Å²) in [6.45, 7) is 0. The first kappa shape index (κ1) is 12.9. The standard InChI is InChI=1S/C9H7F4N3O/c10-6-2-1-5(4-15-16-8(14)17)7(3-6)9(11,12)13/h1-4H,(H3,14,16,17). The molecule has 92 valence electrons. The van der Waals surface area contributed by atoms with Crippen LogP contribution in [0.15, 0.2) is 23.3 Å². The molecule has 1 aromatic carbocycles. The zero-order chi connectivity index (χ0) is 13.1. The third kappa shape index (κ3) is 3.74. The maximum Gasteiger partial charge on any atom is 0.417 e. The van der Waals surface area contributed by atoms with Gasteiger partial charge in [-0.15, -0.1) is 0 Å². The molecule has 4 nitrogen and oxygen atoms in total. The number of nitrogens with one attached hydrogen (secondary N) is 1. The van der Waals surface area contributed by atoms with Crippen LogP contribution >= 0.6 is 0 Å². The maximum absolute atomic E-state index is 12.7. The quantitative estimate of drug-likeness (QED) is 0.468. The van der Waals surface area contributed by atoms with E-state index in [1.165, 1.54) is 0 Å². The Kier molecular flexibility index (Phi) is 3.66. The molecule has 17 heavy (non-hydrogen) atoms. The lowest BCUT2D eigenvalue weighted by Gasteiger charge is -2.09. The van der Waals surface area contributed by atoms with Gasteiger partial charge in [0, 0.05) is 5.56 Å². The van der Waals surface area contributed by atoms with E-state index in [2.05, 4.69) is 10.8 Å². The van der Waals surface area contributed by atoms with Crippen LogP contribution in [-0.4, -0.2) is 12.2 Å². The monoisotopic (exact) mass is 249 g/mol. The fourth-order valence-electron chi connectivity index (χ4n) is 1.05. The molecule has 0 radical (unpaired) electrons. The van der Waals surface area contributed by atoms with Crippen molar-refractivity contribution in [2.75, 3.05) is 0 Å². The highest BCUT2D eigenvalue weighted by Crippen LogP contribution is 2.31. The largest absolute Gasteiger partial charge is 0.417 e. The topological polar surface area (TPSA) is 67.5 Å². The van der Waals surface area contributed by atoms with Crippen molar-refractivity contribution >= 4 is 12.2 Å². The van der Waals surface area contributed by atoms with Gasteiger partial charge < -0.3 is 5.73 Å². The Labute approximate surface area is 93.1 Å². The van der Waals surface area contributed by atoms with Gasteiger partial charge in [-0.2, -0.15) is 18.3 Å².